The molecule has 0 bridgehead atoms. The van der Waals surface area contributed by atoms with Crippen LogP contribution in [0.4, 0.5) is 0 Å². The van der Waals surface area contributed by atoms with Crippen LogP contribution in [0.5, 0.6) is 0 Å². The number of hydrogen-bond acceptors (Lipinski definition) is 4. The van der Waals surface area contributed by atoms with Crippen LogP contribution in [0.25, 0.3) is 0 Å². The maximum absolute atomic E-state index is 5.53. The molecule has 1 aliphatic heterocycles. The van der Waals surface area contributed by atoms with Gasteiger partial charge in [0, 0.05) is 12.6 Å². The number of furan rings is 1. The third-order valence-corrected chi connectivity index (χ3v) is 3.19. The van der Waals surface area contributed by atoms with E-state index in [1.54, 1.807) is 0 Å². The average molecular weight is 224 g/mol. The van der Waals surface area contributed by atoms with Crippen molar-refractivity contribution in [1.82, 2.24) is 5.32 Å². The molecule has 0 saturated carbocycles. The van der Waals surface area contributed by atoms with Gasteiger partial charge in [0.15, 0.2) is 0 Å². The molecule has 1 saturated heterocycles. The monoisotopic (exact) mass is 224 g/mol. The van der Waals surface area contributed by atoms with Crippen molar-refractivity contribution in [3.63, 3.8) is 0 Å². The maximum atomic E-state index is 5.53. The Morgan fingerprint density at radius 1 is 1.50 bits per heavy atom. The van der Waals surface area contributed by atoms with E-state index >= 15 is 0 Å². The molecular weight excluding hydrogens is 204 g/mol. The summed E-state index contributed by atoms with van der Waals surface area (Å²) in [6, 6.07) is 4.38. The molecule has 2 rings (SSSR count). The van der Waals surface area contributed by atoms with Crippen LogP contribution in [0.1, 0.15) is 24.9 Å². The first-order chi connectivity index (χ1) is 7.79. The van der Waals surface area contributed by atoms with Crippen molar-refractivity contribution in [3.8, 4) is 0 Å². The van der Waals surface area contributed by atoms with Crippen LogP contribution in [0, 0.1) is 5.92 Å². The number of hydrogen-bond donors (Lipinski definition) is 2. The SMILES string of the molecule is CC(NCc1ccc(CN)o1)C1CCOC1. The summed E-state index contributed by atoms with van der Waals surface area (Å²) in [7, 11) is 0. The van der Waals surface area contributed by atoms with Crippen molar-refractivity contribution in [3.05, 3.63) is 23.7 Å². The van der Waals surface area contributed by atoms with E-state index in [4.69, 9.17) is 14.9 Å². The number of rotatable bonds is 5. The van der Waals surface area contributed by atoms with Gasteiger partial charge in [-0.1, -0.05) is 0 Å². The summed E-state index contributed by atoms with van der Waals surface area (Å²) in [4.78, 5) is 0. The average Bonchev–Trinajstić information content (AvgIpc) is 2.96. The predicted octanol–water partition coefficient (Wildman–Crippen LogP) is 1.25. The molecule has 1 aromatic heterocycles. The second-order valence-corrected chi connectivity index (χ2v) is 4.37. The van der Waals surface area contributed by atoms with Crippen molar-refractivity contribution in [2.75, 3.05) is 13.2 Å². The lowest BCUT2D eigenvalue weighted by molar-refractivity contribution is 0.178. The van der Waals surface area contributed by atoms with Gasteiger partial charge in [-0.15, -0.1) is 0 Å². The highest BCUT2D eigenvalue weighted by Gasteiger charge is 2.21. The molecule has 0 spiro atoms. The second kappa shape index (κ2) is 5.48. The summed E-state index contributed by atoms with van der Waals surface area (Å²) in [6.07, 6.45) is 1.15. The van der Waals surface area contributed by atoms with Crippen molar-refractivity contribution < 1.29 is 9.15 Å². The molecule has 2 atom stereocenters. The summed E-state index contributed by atoms with van der Waals surface area (Å²) in [6.45, 7) is 5.20. The predicted molar refractivity (Wildman–Crippen MR) is 61.8 cm³/mol. The first-order valence-corrected chi connectivity index (χ1v) is 5.88. The number of nitrogens with one attached hydrogen (secondary N) is 1. The van der Waals surface area contributed by atoms with Gasteiger partial charge in [0.05, 0.1) is 19.7 Å². The van der Waals surface area contributed by atoms with Gasteiger partial charge in [-0.2, -0.15) is 0 Å². The second-order valence-electron chi connectivity index (χ2n) is 4.37. The molecule has 16 heavy (non-hydrogen) atoms. The molecule has 1 aliphatic rings. The summed E-state index contributed by atoms with van der Waals surface area (Å²) in [5.41, 5.74) is 5.49. The molecule has 90 valence electrons. The van der Waals surface area contributed by atoms with Gasteiger partial charge in [0.25, 0.3) is 0 Å². The molecule has 0 amide bonds. The summed E-state index contributed by atoms with van der Waals surface area (Å²) in [5, 5.41) is 3.46. The molecule has 1 fully saturated rings. The van der Waals surface area contributed by atoms with Gasteiger partial charge in [0.2, 0.25) is 0 Å². The molecule has 4 nitrogen and oxygen atoms in total. The summed E-state index contributed by atoms with van der Waals surface area (Å²) < 4.78 is 10.9. The lowest BCUT2D eigenvalue weighted by atomic mass is 10.0. The van der Waals surface area contributed by atoms with Crippen molar-refractivity contribution >= 4 is 0 Å². The van der Waals surface area contributed by atoms with Crippen molar-refractivity contribution in [2.45, 2.75) is 32.5 Å². The molecule has 1 aromatic rings. The Hall–Kier alpha value is -0.840. The zero-order valence-electron chi connectivity index (χ0n) is 9.74. The molecule has 2 heterocycles. The highest BCUT2D eigenvalue weighted by atomic mass is 16.5. The van der Waals surface area contributed by atoms with E-state index < -0.39 is 0 Å². The molecule has 2 unspecified atom stereocenters. The highest BCUT2D eigenvalue weighted by Crippen LogP contribution is 2.17. The van der Waals surface area contributed by atoms with Crippen LogP contribution in [0.2, 0.25) is 0 Å². The molecule has 0 aliphatic carbocycles. The van der Waals surface area contributed by atoms with Gasteiger partial charge in [-0.05, 0) is 31.4 Å². The van der Waals surface area contributed by atoms with E-state index in [0.29, 0.717) is 18.5 Å². The zero-order chi connectivity index (χ0) is 11.4. The summed E-state index contributed by atoms with van der Waals surface area (Å²) in [5.74, 6) is 2.42. The van der Waals surface area contributed by atoms with Crippen LogP contribution in [0.15, 0.2) is 16.5 Å². The van der Waals surface area contributed by atoms with Gasteiger partial charge in [-0.3, -0.25) is 0 Å². The molecule has 0 aromatic carbocycles. The van der Waals surface area contributed by atoms with Gasteiger partial charge in [0.1, 0.15) is 11.5 Å². The lowest BCUT2D eigenvalue weighted by Gasteiger charge is -2.18. The fourth-order valence-electron chi connectivity index (χ4n) is 2.00. The molecule has 4 heteroatoms. The number of nitrogens with two attached hydrogens (primary N) is 1. The number of ether oxygens (including phenoxy) is 1. The van der Waals surface area contributed by atoms with E-state index in [1.165, 1.54) is 0 Å². The molecule has 3 N–H and O–H groups in total. The van der Waals surface area contributed by atoms with Gasteiger partial charge in [-0.25, -0.2) is 0 Å². The third kappa shape index (κ3) is 2.84. The Morgan fingerprint density at radius 2 is 2.31 bits per heavy atom. The minimum absolute atomic E-state index is 0.464. The fraction of sp³-hybridized carbons (Fsp3) is 0.667. The first kappa shape index (κ1) is 11.6. The minimum atomic E-state index is 0.464. The summed E-state index contributed by atoms with van der Waals surface area (Å²) >= 11 is 0. The largest absolute Gasteiger partial charge is 0.463 e. The van der Waals surface area contributed by atoms with Gasteiger partial charge < -0.3 is 20.2 Å². The normalized spacial score (nSPS) is 22.5. The Kier molecular flexibility index (Phi) is 3.98. The van der Waals surface area contributed by atoms with E-state index in [-0.39, 0.29) is 0 Å². The van der Waals surface area contributed by atoms with Crippen LogP contribution < -0.4 is 11.1 Å². The lowest BCUT2D eigenvalue weighted by Crippen LogP contribution is -2.33. The van der Waals surface area contributed by atoms with E-state index in [2.05, 4.69) is 12.2 Å². The molecule has 0 radical (unpaired) electrons. The highest BCUT2D eigenvalue weighted by molar-refractivity contribution is 5.06. The van der Waals surface area contributed by atoms with E-state index in [9.17, 15) is 0 Å². The van der Waals surface area contributed by atoms with Gasteiger partial charge >= 0.3 is 0 Å². The standard InChI is InChI=1S/C12H20N2O2/c1-9(10-4-5-15-8-10)14-7-12-3-2-11(6-13)16-12/h2-3,9-10,14H,4-8,13H2,1H3. The van der Waals surface area contributed by atoms with E-state index in [1.807, 2.05) is 12.1 Å². The van der Waals surface area contributed by atoms with Crippen molar-refractivity contribution in [1.29, 1.82) is 0 Å². The Labute approximate surface area is 96.1 Å². The Balaban J connectivity index is 1.77. The minimum Gasteiger partial charge on any atom is -0.463 e. The quantitative estimate of drug-likeness (QED) is 0.790. The first-order valence-electron chi connectivity index (χ1n) is 5.88. The topological polar surface area (TPSA) is 60.4 Å². The maximum Gasteiger partial charge on any atom is 0.118 e. The fourth-order valence-corrected chi connectivity index (χ4v) is 2.00. The zero-order valence-corrected chi connectivity index (χ0v) is 9.74. The van der Waals surface area contributed by atoms with Crippen LogP contribution in [0.3, 0.4) is 0 Å². The van der Waals surface area contributed by atoms with Crippen LogP contribution in [-0.2, 0) is 17.8 Å². The third-order valence-electron chi connectivity index (χ3n) is 3.19. The van der Waals surface area contributed by atoms with Crippen LogP contribution >= 0.6 is 0 Å². The smallest absolute Gasteiger partial charge is 0.118 e. The van der Waals surface area contributed by atoms with Crippen LogP contribution in [-0.4, -0.2) is 19.3 Å². The van der Waals surface area contributed by atoms with E-state index in [0.717, 1.165) is 37.7 Å². The van der Waals surface area contributed by atoms with Crippen molar-refractivity contribution in [2.24, 2.45) is 11.7 Å². The molecular formula is C12H20N2O2. The Morgan fingerprint density at radius 3 is 2.94 bits per heavy atom. The Bertz CT molecular complexity index is 319.